The van der Waals surface area contributed by atoms with Crippen molar-refractivity contribution in [2.24, 2.45) is 11.8 Å². The van der Waals surface area contributed by atoms with Gasteiger partial charge < -0.3 is 9.47 Å². The van der Waals surface area contributed by atoms with Crippen LogP contribution in [0.25, 0.3) is 0 Å². The molecular weight excluding hydrogens is 388 g/mol. The van der Waals surface area contributed by atoms with Crippen LogP contribution >= 0.6 is 0 Å². The molecule has 0 amide bonds. The van der Waals surface area contributed by atoms with Crippen LogP contribution in [-0.2, 0) is 19.1 Å². The summed E-state index contributed by atoms with van der Waals surface area (Å²) in [5.41, 5.74) is 1.73. The molecule has 161 valence electrons. The summed E-state index contributed by atoms with van der Waals surface area (Å²) in [6.07, 6.45) is 4.58. The average Bonchev–Trinajstić information content (AvgIpc) is 3.25. The van der Waals surface area contributed by atoms with E-state index in [1.165, 1.54) is 0 Å². The Morgan fingerprint density at radius 2 is 0.968 bits per heavy atom. The molecule has 1 aliphatic carbocycles. The Kier molecular flexibility index (Phi) is 7.89. The standard InChI is InChI=1S/C27H29O4/c1-18(2)26(28)30-24(20-12-7-5-8-13-20)22-16-11-17-23(22)25(31-27(29)19(3)4)21-14-9-6-10-15-21/h5-19,24-25H,1-4H3/t24-,25-/m0/s1. The van der Waals surface area contributed by atoms with Crippen molar-refractivity contribution in [3.05, 3.63) is 103 Å². The summed E-state index contributed by atoms with van der Waals surface area (Å²) in [5.74, 6) is 0.547. The first kappa shape index (κ1) is 23.1. The fraction of sp³-hybridized carbons (Fsp3) is 0.296. The number of hydrogen-bond acceptors (Lipinski definition) is 4. The van der Waals surface area contributed by atoms with Gasteiger partial charge in [0, 0.05) is 11.8 Å². The van der Waals surface area contributed by atoms with Gasteiger partial charge in [-0.1, -0.05) is 88.4 Å². The van der Waals surface area contributed by atoms with Crippen LogP contribution in [-0.4, -0.2) is 11.9 Å². The summed E-state index contributed by atoms with van der Waals surface area (Å²) in [4.78, 5) is 25.1. The second kappa shape index (κ2) is 10.6. The average molecular weight is 418 g/mol. The monoisotopic (exact) mass is 417 g/mol. The minimum Gasteiger partial charge on any atom is -0.457 e. The van der Waals surface area contributed by atoms with Crippen molar-refractivity contribution in [2.45, 2.75) is 39.9 Å². The van der Waals surface area contributed by atoms with E-state index in [-0.39, 0.29) is 23.8 Å². The van der Waals surface area contributed by atoms with Crippen LogP contribution in [0.5, 0.6) is 0 Å². The smallest absolute Gasteiger partial charge is 0.308 e. The molecule has 0 unspecified atom stereocenters. The lowest BCUT2D eigenvalue weighted by molar-refractivity contribution is -0.155. The molecular formula is C27H29O4. The van der Waals surface area contributed by atoms with Gasteiger partial charge in [-0.05, 0) is 30.4 Å². The van der Waals surface area contributed by atoms with Crippen molar-refractivity contribution in [3.63, 3.8) is 0 Å². The minimum absolute atomic E-state index is 0.256. The van der Waals surface area contributed by atoms with Crippen LogP contribution in [0, 0.1) is 42.9 Å². The molecule has 0 N–H and O–H groups in total. The quantitative estimate of drug-likeness (QED) is 0.521. The molecule has 0 spiro atoms. The highest BCUT2D eigenvalue weighted by molar-refractivity contribution is 5.73. The molecule has 0 aromatic heterocycles. The van der Waals surface area contributed by atoms with Gasteiger partial charge in [0.25, 0.3) is 0 Å². The maximum absolute atomic E-state index is 12.5. The molecule has 2 aromatic carbocycles. The fourth-order valence-corrected chi connectivity index (χ4v) is 3.31. The van der Waals surface area contributed by atoms with E-state index in [1.807, 2.05) is 108 Å². The van der Waals surface area contributed by atoms with Gasteiger partial charge in [0.05, 0.1) is 11.8 Å². The second-order valence-corrected chi connectivity index (χ2v) is 8.20. The van der Waals surface area contributed by atoms with Crippen molar-refractivity contribution in [1.29, 1.82) is 0 Å². The Hall–Kier alpha value is -2.62. The Labute approximate surface area is 186 Å². The van der Waals surface area contributed by atoms with E-state index in [0.29, 0.717) is 0 Å². The predicted molar refractivity (Wildman–Crippen MR) is 120 cm³/mol. The SMILES string of the molecule is CC(C)C(=O)O[C@H]([C]1[CH][CH][CH][C]1[C@@H](OC(=O)C(C)C)c1ccccc1)c1ccccc1. The molecule has 2 aromatic rings. The van der Waals surface area contributed by atoms with Gasteiger partial charge in [-0.2, -0.15) is 0 Å². The molecule has 0 heterocycles. The van der Waals surface area contributed by atoms with Crippen molar-refractivity contribution < 1.29 is 19.1 Å². The number of carbonyl (C=O) groups excluding carboxylic acids is 2. The molecule has 0 saturated heterocycles. The highest BCUT2D eigenvalue weighted by Gasteiger charge is 2.44. The first-order chi connectivity index (χ1) is 14.9. The van der Waals surface area contributed by atoms with Crippen LogP contribution in [0.2, 0.25) is 0 Å². The summed E-state index contributed by atoms with van der Waals surface area (Å²) in [6, 6.07) is 19.3. The second-order valence-electron chi connectivity index (χ2n) is 8.20. The minimum atomic E-state index is -0.593. The molecule has 5 radical (unpaired) electrons. The van der Waals surface area contributed by atoms with Gasteiger partial charge in [0.2, 0.25) is 0 Å². The highest BCUT2D eigenvalue weighted by Crippen LogP contribution is 2.50. The number of hydrogen-bond donors (Lipinski definition) is 0. The van der Waals surface area contributed by atoms with Crippen molar-refractivity contribution >= 4 is 11.9 Å². The van der Waals surface area contributed by atoms with Gasteiger partial charge in [0.15, 0.2) is 0 Å². The molecule has 1 fully saturated rings. The molecule has 2 atom stereocenters. The summed E-state index contributed by atoms with van der Waals surface area (Å²) in [5, 5.41) is 0. The Morgan fingerprint density at radius 3 is 1.29 bits per heavy atom. The van der Waals surface area contributed by atoms with E-state index in [9.17, 15) is 9.59 Å². The largest absolute Gasteiger partial charge is 0.457 e. The van der Waals surface area contributed by atoms with Crippen LogP contribution in [0.15, 0.2) is 60.7 Å². The molecule has 31 heavy (non-hydrogen) atoms. The van der Waals surface area contributed by atoms with E-state index in [0.717, 1.165) is 23.0 Å². The molecule has 1 saturated carbocycles. The zero-order chi connectivity index (χ0) is 22.4. The third-order valence-electron chi connectivity index (χ3n) is 5.07. The van der Waals surface area contributed by atoms with E-state index < -0.39 is 12.2 Å². The van der Waals surface area contributed by atoms with E-state index in [1.54, 1.807) is 0 Å². The number of benzene rings is 2. The zero-order valence-electron chi connectivity index (χ0n) is 18.4. The van der Waals surface area contributed by atoms with Gasteiger partial charge in [-0.3, -0.25) is 9.59 Å². The van der Waals surface area contributed by atoms with Crippen molar-refractivity contribution in [3.8, 4) is 0 Å². The summed E-state index contributed by atoms with van der Waals surface area (Å²) >= 11 is 0. The third kappa shape index (κ3) is 5.75. The molecule has 1 aliphatic rings. The van der Waals surface area contributed by atoms with Crippen LogP contribution in [0.1, 0.15) is 51.0 Å². The van der Waals surface area contributed by atoms with Crippen LogP contribution < -0.4 is 0 Å². The van der Waals surface area contributed by atoms with Crippen LogP contribution in [0.4, 0.5) is 0 Å². The van der Waals surface area contributed by atoms with Gasteiger partial charge in [-0.15, -0.1) is 0 Å². The number of rotatable bonds is 8. The van der Waals surface area contributed by atoms with Gasteiger partial charge in [-0.25, -0.2) is 0 Å². The molecule has 4 nitrogen and oxygen atoms in total. The van der Waals surface area contributed by atoms with Crippen molar-refractivity contribution in [2.75, 3.05) is 0 Å². The maximum Gasteiger partial charge on any atom is 0.308 e. The first-order valence-corrected chi connectivity index (χ1v) is 10.6. The summed E-state index contributed by atoms with van der Waals surface area (Å²) in [7, 11) is 0. The van der Waals surface area contributed by atoms with E-state index in [2.05, 4.69) is 0 Å². The van der Waals surface area contributed by atoms with E-state index >= 15 is 0 Å². The fourth-order valence-electron chi connectivity index (χ4n) is 3.31. The lowest BCUT2D eigenvalue weighted by Crippen LogP contribution is -2.28. The Bertz CT molecular complexity index is 773. The third-order valence-corrected chi connectivity index (χ3v) is 5.07. The van der Waals surface area contributed by atoms with Gasteiger partial charge in [0.1, 0.15) is 12.2 Å². The zero-order valence-corrected chi connectivity index (χ0v) is 18.4. The van der Waals surface area contributed by atoms with E-state index in [4.69, 9.17) is 9.47 Å². The number of carbonyl (C=O) groups is 2. The highest BCUT2D eigenvalue weighted by atomic mass is 16.6. The lowest BCUT2D eigenvalue weighted by atomic mass is 9.81. The lowest BCUT2D eigenvalue weighted by Gasteiger charge is -2.33. The first-order valence-electron chi connectivity index (χ1n) is 10.6. The molecule has 4 heteroatoms. The van der Waals surface area contributed by atoms with Crippen LogP contribution in [0.3, 0.4) is 0 Å². The predicted octanol–water partition coefficient (Wildman–Crippen LogP) is 5.64. The number of ether oxygens (including phenoxy) is 2. The van der Waals surface area contributed by atoms with Crippen molar-refractivity contribution in [1.82, 2.24) is 0 Å². The Morgan fingerprint density at radius 1 is 0.613 bits per heavy atom. The summed E-state index contributed by atoms with van der Waals surface area (Å²) < 4.78 is 11.9. The molecule has 3 rings (SSSR count). The van der Waals surface area contributed by atoms with Gasteiger partial charge >= 0.3 is 11.9 Å². The Balaban J connectivity index is 1.96. The number of esters is 2. The maximum atomic E-state index is 12.5. The molecule has 0 bridgehead atoms. The summed E-state index contributed by atoms with van der Waals surface area (Å²) in [6.45, 7) is 7.25. The molecule has 0 aliphatic heterocycles. The topological polar surface area (TPSA) is 52.6 Å². The normalized spacial score (nSPS) is 17.0.